The van der Waals surface area contributed by atoms with Crippen LogP contribution in [0.15, 0.2) is 0 Å². The molecule has 0 radical (unpaired) electrons. The number of quaternary nitrogens is 1. The lowest BCUT2D eigenvalue weighted by Gasteiger charge is -2.36. The van der Waals surface area contributed by atoms with E-state index in [2.05, 4.69) is 21.0 Å². The van der Waals surface area contributed by atoms with Gasteiger partial charge in [0.2, 0.25) is 0 Å². The van der Waals surface area contributed by atoms with Crippen molar-refractivity contribution in [1.29, 1.82) is 0 Å². The monoisotopic (exact) mass is 497 g/mol. The number of nitrogens with zero attached hydrogens (tertiary/aromatic N) is 1. The number of hydrogen-bond acceptors (Lipinski definition) is 3. The fourth-order valence-corrected chi connectivity index (χ4v) is 5.33. The molecular weight excluding hydrogens is 449 g/mol. The highest BCUT2D eigenvalue weighted by atomic mass is 79.9. The average molecular weight is 499 g/mol. The molecule has 29 heavy (non-hydrogen) atoms. The Balaban J connectivity index is 0.00000784. The van der Waals surface area contributed by atoms with Gasteiger partial charge in [0.1, 0.15) is 25.8 Å². The maximum atomic E-state index is 12.3. The molecule has 1 rings (SSSR count). The van der Waals surface area contributed by atoms with E-state index in [-0.39, 0.29) is 23.1 Å². The van der Waals surface area contributed by atoms with Crippen LogP contribution in [-0.2, 0) is 13.6 Å². The van der Waals surface area contributed by atoms with Crippen LogP contribution < -0.4 is 17.0 Å². The van der Waals surface area contributed by atoms with E-state index in [1.165, 1.54) is 89.9 Å². The Morgan fingerprint density at radius 1 is 0.828 bits per heavy atom. The molecule has 176 valence electrons. The predicted molar refractivity (Wildman–Crippen MR) is 121 cm³/mol. The molecule has 0 aromatic heterocycles. The summed E-state index contributed by atoms with van der Waals surface area (Å²) >= 11 is 0. The summed E-state index contributed by atoms with van der Waals surface area (Å²) < 4.78 is 24.5. The summed E-state index contributed by atoms with van der Waals surface area (Å²) in [4.78, 5) is 0. The summed E-state index contributed by atoms with van der Waals surface area (Å²) in [5, 5.41) is 0. The van der Waals surface area contributed by atoms with Gasteiger partial charge in [-0.1, -0.05) is 96.8 Å². The molecule has 0 amide bonds. The van der Waals surface area contributed by atoms with Gasteiger partial charge in [0.25, 0.3) is 0 Å². The van der Waals surface area contributed by atoms with E-state index in [1.54, 1.807) is 6.66 Å². The minimum absolute atomic E-state index is 0. The average Bonchev–Trinajstić information content (AvgIpc) is 2.59. The first-order valence-corrected chi connectivity index (χ1v) is 14.1. The van der Waals surface area contributed by atoms with Gasteiger partial charge < -0.3 is 26.0 Å². The SMILES string of the molecule is CCCCCCCCCCCCCCCC[C@@H]1C[N+](C)(C)CCO[P@](C)(=O)O1.[Br-]. The lowest BCUT2D eigenvalue weighted by Crippen LogP contribution is -3.00. The maximum absolute atomic E-state index is 12.3. The lowest BCUT2D eigenvalue weighted by atomic mass is 10.0. The van der Waals surface area contributed by atoms with Crippen LogP contribution in [0.5, 0.6) is 0 Å². The summed E-state index contributed by atoms with van der Waals surface area (Å²) in [5.41, 5.74) is 0. The van der Waals surface area contributed by atoms with Crippen molar-refractivity contribution < 1.29 is 35.1 Å². The molecule has 1 saturated heterocycles. The second kappa shape index (κ2) is 17.2. The topological polar surface area (TPSA) is 35.5 Å². The minimum atomic E-state index is -2.87. The van der Waals surface area contributed by atoms with Gasteiger partial charge in [-0.15, -0.1) is 0 Å². The Hall–Kier alpha value is 0.590. The highest BCUT2D eigenvalue weighted by molar-refractivity contribution is 7.53. The summed E-state index contributed by atoms with van der Waals surface area (Å²) in [6.07, 6.45) is 20.3. The summed E-state index contributed by atoms with van der Waals surface area (Å²) in [6, 6.07) is 0. The first-order chi connectivity index (χ1) is 13.3. The van der Waals surface area contributed by atoms with Gasteiger partial charge in [0.05, 0.1) is 14.1 Å². The standard InChI is InChI=1S/C23H49NO3P.BrH/c1-5-6-7-8-9-10-11-12-13-14-15-16-17-18-19-23-22-24(2,3)20-21-26-28(4,25)27-23;/h23H,5-22H2,1-4H3;1H/q+1;/p-1/t23-,28+;/m1./s1. The summed E-state index contributed by atoms with van der Waals surface area (Å²) in [5.74, 6) is 0. The predicted octanol–water partition coefficient (Wildman–Crippen LogP) is 4.18. The highest BCUT2D eigenvalue weighted by Gasteiger charge is 2.32. The molecule has 0 spiro atoms. The van der Waals surface area contributed by atoms with Crippen molar-refractivity contribution in [3.8, 4) is 0 Å². The van der Waals surface area contributed by atoms with E-state index in [1.807, 2.05) is 0 Å². The molecule has 2 atom stereocenters. The first kappa shape index (κ1) is 29.6. The van der Waals surface area contributed by atoms with Crippen LogP contribution >= 0.6 is 7.60 Å². The van der Waals surface area contributed by atoms with Crippen molar-refractivity contribution in [1.82, 2.24) is 0 Å². The van der Waals surface area contributed by atoms with E-state index in [0.717, 1.165) is 24.0 Å². The molecule has 0 aliphatic carbocycles. The minimum Gasteiger partial charge on any atom is -1.00 e. The van der Waals surface area contributed by atoms with Crippen LogP contribution in [0.1, 0.15) is 103 Å². The molecule has 6 heteroatoms. The van der Waals surface area contributed by atoms with Gasteiger partial charge in [0, 0.05) is 6.66 Å². The smallest absolute Gasteiger partial charge is 0.328 e. The molecule has 4 nitrogen and oxygen atoms in total. The maximum Gasteiger partial charge on any atom is 0.328 e. The molecule has 0 aromatic rings. The number of unbranched alkanes of at least 4 members (excludes halogenated alkanes) is 13. The largest absolute Gasteiger partial charge is 1.00 e. The third-order valence-corrected chi connectivity index (χ3v) is 7.27. The molecule has 1 aliphatic rings. The van der Waals surface area contributed by atoms with Crippen LogP contribution in [0, 0.1) is 0 Å². The van der Waals surface area contributed by atoms with Gasteiger partial charge in [0.15, 0.2) is 0 Å². The van der Waals surface area contributed by atoms with Crippen molar-refractivity contribution in [3.05, 3.63) is 0 Å². The third kappa shape index (κ3) is 16.9. The number of halogens is 1. The van der Waals surface area contributed by atoms with E-state index in [4.69, 9.17) is 9.05 Å². The normalized spacial score (nSPS) is 24.5. The summed E-state index contributed by atoms with van der Waals surface area (Å²) in [7, 11) is 1.54. The Morgan fingerprint density at radius 2 is 1.28 bits per heavy atom. The quantitative estimate of drug-likeness (QED) is 0.193. The highest BCUT2D eigenvalue weighted by Crippen LogP contribution is 2.46. The van der Waals surface area contributed by atoms with Crippen LogP contribution in [0.3, 0.4) is 0 Å². The zero-order valence-electron chi connectivity index (χ0n) is 19.8. The molecule has 1 fully saturated rings. The molecule has 0 unspecified atom stereocenters. The summed E-state index contributed by atoms with van der Waals surface area (Å²) in [6.45, 7) is 6.25. The molecular formula is C23H49BrNO3P. The third-order valence-electron chi connectivity index (χ3n) is 5.94. The number of hydrogen-bond donors (Lipinski definition) is 0. The number of rotatable bonds is 15. The fraction of sp³-hybridized carbons (Fsp3) is 1.00. The van der Waals surface area contributed by atoms with Crippen molar-refractivity contribution in [2.45, 2.75) is 109 Å². The molecule has 0 N–H and O–H groups in total. The molecule has 0 aromatic carbocycles. The molecule has 1 heterocycles. The second-order valence-corrected chi connectivity index (χ2v) is 11.6. The van der Waals surface area contributed by atoms with Crippen molar-refractivity contribution >= 4 is 7.60 Å². The zero-order valence-corrected chi connectivity index (χ0v) is 22.3. The fourth-order valence-electron chi connectivity index (χ4n) is 4.14. The second-order valence-electron chi connectivity index (χ2n) is 9.56. The first-order valence-electron chi connectivity index (χ1n) is 12.1. The Morgan fingerprint density at radius 3 is 1.76 bits per heavy atom. The lowest BCUT2D eigenvalue weighted by molar-refractivity contribution is -0.893. The Bertz CT molecular complexity index is 434. The van der Waals surface area contributed by atoms with Gasteiger partial charge in [-0.2, -0.15) is 0 Å². The Kier molecular flexibility index (Phi) is 17.5. The molecule has 0 saturated carbocycles. The van der Waals surface area contributed by atoms with Gasteiger partial charge in [-0.25, -0.2) is 0 Å². The molecule has 0 bridgehead atoms. The van der Waals surface area contributed by atoms with Crippen LogP contribution in [-0.4, -0.2) is 51.0 Å². The van der Waals surface area contributed by atoms with Gasteiger partial charge >= 0.3 is 7.60 Å². The molecule has 1 aliphatic heterocycles. The van der Waals surface area contributed by atoms with Gasteiger partial charge in [-0.3, -0.25) is 9.09 Å². The van der Waals surface area contributed by atoms with E-state index >= 15 is 0 Å². The number of likely N-dealkylation sites (N-methyl/N-ethyl adjacent to an activating group) is 1. The van der Waals surface area contributed by atoms with E-state index in [9.17, 15) is 4.57 Å². The van der Waals surface area contributed by atoms with Crippen LogP contribution in [0.25, 0.3) is 0 Å². The van der Waals surface area contributed by atoms with Crippen LogP contribution in [0.2, 0.25) is 0 Å². The zero-order chi connectivity index (χ0) is 20.7. The van der Waals surface area contributed by atoms with Crippen molar-refractivity contribution in [2.24, 2.45) is 0 Å². The van der Waals surface area contributed by atoms with Crippen LogP contribution in [0.4, 0.5) is 0 Å². The van der Waals surface area contributed by atoms with Crippen molar-refractivity contribution in [2.75, 3.05) is 40.5 Å². The van der Waals surface area contributed by atoms with Gasteiger partial charge in [-0.05, 0) is 6.42 Å². The Labute approximate surface area is 192 Å². The van der Waals surface area contributed by atoms with E-state index in [0.29, 0.717) is 6.61 Å². The van der Waals surface area contributed by atoms with E-state index < -0.39 is 7.60 Å². The van der Waals surface area contributed by atoms with Crippen molar-refractivity contribution in [3.63, 3.8) is 0 Å².